The zero-order valence-corrected chi connectivity index (χ0v) is 15.7. The molecule has 2 aromatic rings. The second-order valence-electron chi connectivity index (χ2n) is 6.71. The van der Waals surface area contributed by atoms with Crippen LogP contribution in [0.1, 0.15) is 18.4 Å². The Morgan fingerprint density at radius 3 is 2.59 bits per heavy atom. The number of fused-ring (bicyclic) bond motifs is 1. The molecule has 7 nitrogen and oxygen atoms in total. The van der Waals surface area contributed by atoms with Crippen molar-refractivity contribution in [1.82, 2.24) is 9.47 Å². The van der Waals surface area contributed by atoms with Gasteiger partial charge in [-0.2, -0.15) is 18.4 Å². The first-order valence-electron chi connectivity index (χ1n) is 8.85. The minimum Gasteiger partial charge on any atom is -0.475 e. The highest BCUT2D eigenvalue weighted by Crippen LogP contribution is 2.23. The molecule has 1 amide bonds. The van der Waals surface area contributed by atoms with Gasteiger partial charge in [-0.3, -0.25) is 4.79 Å². The lowest BCUT2D eigenvalue weighted by Gasteiger charge is -2.23. The molecule has 3 N–H and O–H groups in total. The highest BCUT2D eigenvalue weighted by molar-refractivity contribution is 5.87. The SMILES string of the molecule is Cn1cc(C[C@H](N)C(=O)N2CCC[C@H]2C#N)c2ccccc21.O=C(O)C(F)(F)F. The molecule has 1 aliphatic rings. The summed E-state index contributed by atoms with van der Waals surface area (Å²) in [5.74, 6) is -2.87. The summed E-state index contributed by atoms with van der Waals surface area (Å²) < 4.78 is 33.8. The summed E-state index contributed by atoms with van der Waals surface area (Å²) in [6.07, 6.45) is -0.924. The molecular formula is C19H21F3N4O3. The summed E-state index contributed by atoms with van der Waals surface area (Å²) in [5.41, 5.74) is 8.34. The first kappa shape index (κ1) is 22.2. The van der Waals surface area contributed by atoms with E-state index in [0.29, 0.717) is 13.0 Å². The number of amides is 1. The number of likely N-dealkylation sites (tertiary alicyclic amines) is 1. The number of rotatable bonds is 3. The number of nitrogens with two attached hydrogens (primary N) is 1. The summed E-state index contributed by atoms with van der Waals surface area (Å²) in [6.45, 7) is 0.639. The number of nitrogens with zero attached hydrogens (tertiary/aromatic N) is 3. The van der Waals surface area contributed by atoms with E-state index in [9.17, 15) is 18.0 Å². The number of benzene rings is 1. The van der Waals surface area contributed by atoms with Crippen molar-refractivity contribution in [2.45, 2.75) is 37.5 Å². The Kier molecular flexibility index (Phi) is 6.87. The molecule has 1 aromatic heterocycles. The predicted octanol–water partition coefficient (Wildman–Crippen LogP) is 2.20. The van der Waals surface area contributed by atoms with Crippen molar-refractivity contribution in [2.75, 3.05) is 6.54 Å². The summed E-state index contributed by atoms with van der Waals surface area (Å²) in [6, 6.07) is 9.38. The molecule has 29 heavy (non-hydrogen) atoms. The van der Waals surface area contributed by atoms with E-state index in [1.807, 2.05) is 25.4 Å². The fraction of sp³-hybridized carbons (Fsp3) is 0.421. The monoisotopic (exact) mass is 410 g/mol. The summed E-state index contributed by atoms with van der Waals surface area (Å²) >= 11 is 0. The standard InChI is InChI=1S/C17H20N4O.C2HF3O2/c1-20-11-12(14-6-2-3-7-16(14)20)9-15(19)17(22)21-8-4-5-13(21)10-18;3-2(4,5)1(6)7/h2-3,6-7,11,13,15H,4-5,8-9,19H2,1H3;(H,6,7)/t13-,15-;/m0./s1. The van der Waals surface area contributed by atoms with Crippen LogP contribution < -0.4 is 5.73 Å². The molecule has 2 heterocycles. The van der Waals surface area contributed by atoms with Gasteiger partial charge in [-0.15, -0.1) is 0 Å². The van der Waals surface area contributed by atoms with Gasteiger partial charge in [-0.25, -0.2) is 4.79 Å². The lowest BCUT2D eigenvalue weighted by Crippen LogP contribution is -2.46. The maximum atomic E-state index is 12.5. The van der Waals surface area contributed by atoms with Gasteiger partial charge in [0.1, 0.15) is 6.04 Å². The number of para-hydroxylation sites is 1. The van der Waals surface area contributed by atoms with E-state index in [1.165, 1.54) is 0 Å². The summed E-state index contributed by atoms with van der Waals surface area (Å²) in [4.78, 5) is 23.0. The predicted molar refractivity (Wildman–Crippen MR) is 98.6 cm³/mol. The van der Waals surface area contributed by atoms with Crippen molar-refractivity contribution in [1.29, 1.82) is 5.26 Å². The molecule has 10 heteroatoms. The van der Waals surface area contributed by atoms with Gasteiger partial charge in [0.15, 0.2) is 0 Å². The normalized spacial score (nSPS) is 17.4. The second kappa shape index (κ2) is 8.96. The first-order valence-corrected chi connectivity index (χ1v) is 8.85. The summed E-state index contributed by atoms with van der Waals surface area (Å²) in [5, 5.41) is 17.4. The van der Waals surface area contributed by atoms with Crippen molar-refractivity contribution in [3.63, 3.8) is 0 Å². The average molecular weight is 410 g/mol. The lowest BCUT2D eigenvalue weighted by atomic mass is 10.0. The van der Waals surface area contributed by atoms with Gasteiger partial charge >= 0.3 is 12.1 Å². The zero-order chi connectivity index (χ0) is 21.8. The molecule has 0 radical (unpaired) electrons. The van der Waals surface area contributed by atoms with E-state index in [1.54, 1.807) is 4.90 Å². The number of carboxylic acid groups (broad SMARTS) is 1. The van der Waals surface area contributed by atoms with Crippen LogP contribution in [0.5, 0.6) is 0 Å². The number of aliphatic carboxylic acids is 1. The molecule has 1 aromatic carbocycles. The van der Waals surface area contributed by atoms with Crippen LogP contribution in [0.3, 0.4) is 0 Å². The van der Waals surface area contributed by atoms with Crippen LogP contribution in [0.2, 0.25) is 0 Å². The maximum Gasteiger partial charge on any atom is 0.490 e. The van der Waals surface area contributed by atoms with Gasteiger partial charge in [0.2, 0.25) is 5.91 Å². The average Bonchev–Trinajstić information content (AvgIpc) is 3.26. The van der Waals surface area contributed by atoms with E-state index in [-0.39, 0.29) is 11.9 Å². The van der Waals surface area contributed by atoms with E-state index in [0.717, 1.165) is 29.3 Å². The molecule has 1 saturated heterocycles. The van der Waals surface area contributed by atoms with Gasteiger partial charge in [0.05, 0.1) is 12.1 Å². The smallest absolute Gasteiger partial charge is 0.475 e. The number of halogens is 3. The third-order valence-corrected chi connectivity index (χ3v) is 4.66. The van der Waals surface area contributed by atoms with Crippen molar-refractivity contribution in [2.24, 2.45) is 12.8 Å². The molecule has 1 fully saturated rings. The number of hydrogen-bond acceptors (Lipinski definition) is 4. The number of hydrogen-bond donors (Lipinski definition) is 2. The second-order valence-corrected chi connectivity index (χ2v) is 6.71. The lowest BCUT2D eigenvalue weighted by molar-refractivity contribution is -0.192. The highest BCUT2D eigenvalue weighted by Gasteiger charge is 2.38. The molecule has 1 aliphatic heterocycles. The summed E-state index contributed by atoms with van der Waals surface area (Å²) in [7, 11) is 1.99. The number of nitriles is 1. The highest BCUT2D eigenvalue weighted by atomic mass is 19.4. The number of aromatic nitrogens is 1. The molecule has 2 atom stereocenters. The van der Waals surface area contributed by atoms with Gasteiger partial charge in [-0.1, -0.05) is 18.2 Å². The number of carbonyl (C=O) groups excluding carboxylic acids is 1. The molecule has 0 unspecified atom stereocenters. The third kappa shape index (κ3) is 5.26. The molecular weight excluding hydrogens is 389 g/mol. The zero-order valence-electron chi connectivity index (χ0n) is 15.7. The van der Waals surface area contributed by atoms with Crippen molar-refractivity contribution < 1.29 is 27.9 Å². The van der Waals surface area contributed by atoms with Crippen LogP contribution in [0.15, 0.2) is 30.5 Å². The number of carboxylic acids is 1. The fourth-order valence-electron chi connectivity index (χ4n) is 3.29. The van der Waals surface area contributed by atoms with Crippen LogP contribution in [-0.4, -0.2) is 51.3 Å². The van der Waals surface area contributed by atoms with Crippen molar-refractivity contribution in [3.05, 3.63) is 36.0 Å². The third-order valence-electron chi connectivity index (χ3n) is 4.66. The largest absolute Gasteiger partial charge is 0.490 e. The van der Waals surface area contributed by atoms with Crippen LogP contribution in [0, 0.1) is 11.3 Å². The number of alkyl halides is 3. The maximum absolute atomic E-state index is 12.5. The Morgan fingerprint density at radius 1 is 1.38 bits per heavy atom. The molecule has 156 valence electrons. The Morgan fingerprint density at radius 2 is 2.00 bits per heavy atom. The van der Waals surface area contributed by atoms with Crippen LogP contribution >= 0.6 is 0 Å². The molecule has 0 aliphatic carbocycles. The van der Waals surface area contributed by atoms with Gasteiger partial charge in [-0.05, 0) is 30.9 Å². The molecule has 0 bridgehead atoms. The number of aryl methyl sites for hydroxylation is 1. The first-order chi connectivity index (χ1) is 13.6. The fourth-order valence-corrected chi connectivity index (χ4v) is 3.29. The molecule has 3 rings (SSSR count). The Bertz CT molecular complexity index is 933. The quantitative estimate of drug-likeness (QED) is 0.806. The minimum absolute atomic E-state index is 0.114. The van der Waals surface area contributed by atoms with E-state index in [2.05, 4.69) is 22.8 Å². The Labute approximate surface area is 165 Å². The molecule has 0 saturated carbocycles. The van der Waals surface area contributed by atoms with Crippen LogP contribution in [0.4, 0.5) is 13.2 Å². The van der Waals surface area contributed by atoms with E-state index >= 15 is 0 Å². The van der Waals surface area contributed by atoms with Crippen molar-refractivity contribution >= 4 is 22.8 Å². The minimum atomic E-state index is -5.08. The molecule has 0 spiro atoms. The topological polar surface area (TPSA) is 112 Å². The Balaban J connectivity index is 0.000000370. The van der Waals surface area contributed by atoms with Crippen molar-refractivity contribution in [3.8, 4) is 6.07 Å². The van der Waals surface area contributed by atoms with Gasteiger partial charge in [0, 0.05) is 30.7 Å². The Hall–Kier alpha value is -3.06. The number of carbonyl (C=O) groups is 2. The van der Waals surface area contributed by atoms with Gasteiger partial charge in [0.25, 0.3) is 0 Å². The van der Waals surface area contributed by atoms with E-state index < -0.39 is 18.2 Å². The van der Waals surface area contributed by atoms with E-state index in [4.69, 9.17) is 20.9 Å². The van der Waals surface area contributed by atoms with Crippen LogP contribution in [-0.2, 0) is 23.1 Å². The van der Waals surface area contributed by atoms with Gasteiger partial charge < -0.3 is 20.3 Å². The van der Waals surface area contributed by atoms with Crippen LogP contribution in [0.25, 0.3) is 10.9 Å².